The summed E-state index contributed by atoms with van der Waals surface area (Å²) in [5, 5.41) is 25.4. The van der Waals surface area contributed by atoms with Crippen molar-refractivity contribution in [3.63, 3.8) is 0 Å². The zero-order valence-electron chi connectivity index (χ0n) is 20.0. The number of aromatic nitrogens is 2. The summed E-state index contributed by atoms with van der Waals surface area (Å²) in [7, 11) is 0. The van der Waals surface area contributed by atoms with E-state index < -0.39 is 61.6 Å². The number of imide groups is 1. The molecule has 0 bridgehead atoms. The molecular weight excluding hydrogens is 504 g/mol. The molecule has 2 aliphatic heterocycles. The van der Waals surface area contributed by atoms with E-state index in [1.165, 1.54) is 29.2 Å². The average molecular weight is 529 g/mol. The zero-order valence-corrected chi connectivity index (χ0v) is 20.0. The van der Waals surface area contributed by atoms with Crippen molar-refractivity contribution in [3.8, 4) is 5.69 Å². The number of nitrogens with two attached hydrogens (primary N) is 2. The largest absolute Gasteiger partial charge is 0.369 e. The van der Waals surface area contributed by atoms with Crippen LogP contribution in [0.4, 0.5) is 11.4 Å². The number of nitro benzene ring substituents is 2. The Hall–Kier alpha value is -4.57. The minimum atomic E-state index is -1.32. The first-order valence-electron chi connectivity index (χ1n) is 11.7. The molecule has 1 aromatic heterocycles. The standard InChI is InChI=1S/C22H24N8O8/c23-13(9-12-10-27(11-25-12)15-3-1-4-16(28(35)36)19(15)29(37)38)21(33)30(8-2-5-17(30)20(24)32)22(34)14-6-7-18(31)26-14/h1,3-4,10-11,13-14,17H,2,5-9,23H2,(H2-,24,26,31,32)/p+1/t13-,14-,17-,30?/m0/s1. The number of benzene rings is 1. The molecule has 5 N–H and O–H groups in total. The Morgan fingerprint density at radius 1 is 1.21 bits per heavy atom. The molecule has 200 valence electrons. The van der Waals surface area contributed by atoms with Crippen LogP contribution in [0.25, 0.3) is 5.69 Å². The molecule has 16 heteroatoms. The summed E-state index contributed by atoms with van der Waals surface area (Å²) in [4.78, 5) is 76.4. The lowest BCUT2D eigenvalue weighted by molar-refractivity contribution is -0.783. The predicted molar refractivity (Wildman–Crippen MR) is 127 cm³/mol. The van der Waals surface area contributed by atoms with E-state index in [1.807, 2.05) is 0 Å². The number of hydrogen-bond acceptors (Lipinski definition) is 10. The highest BCUT2D eigenvalue weighted by atomic mass is 16.6. The third-order valence-electron chi connectivity index (χ3n) is 6.96. The van der Waals surface area contributed by atoms with Gasteiger partial charge in [0.05, 0.1) is 28.4 Å². The van der Waals surface area contributed by atoms with E-state index in [0.29, 0.717) is 6.42 Å². The molecule has 2 aliphatic rings. The second-order valence-electron chi connectivity index (χ2n) is 9.23. The van der Waals surface area contributed by atoms with Gasteiger partial charge in [0, 0.05) is 37.9 Å². The number of carbonyl (C=O) groups is 4. The van der Waals surface area contributed by atoms with Crippen molar-refractivity contribution < 1.29 is 33.5 Å². The van der Waals surface area contributed by atoms with Gasteiger partial charge in [0.2, 0.25) is 5.91 Å². The fraction of sp³-hybridized carbons (Fsp3) is 0.409. The maximum absolute atomic E-state index is 13.7. The fourth-order valence-electron chi connectivity index (χ4n) is 5.25. The molecular formula is C22H25N8O8+. The number of amides is 4. The number of carbonyl (C=O) groups excluding carboxylic acids is 4. The van der Waals surface area contributed by atoms with Crippen LogP contribution in [0.3, 0.4) is 0 Å². The Morgan fingerprint density at radius 2 is 1.95 bits per heavy atom. The summed E-state index contributed by atoms with van der Waals surface area (Å²) < 4.78 is 0.293. The molecule has 38 heavy (non-hydrogen) atoms. The minimum Gasteiger partial charge on any atom is -0.364 e. The van der Waals surface area contributed by atoms with Gasteiger partial charge in [-0.25, -0.2) is 14.6 Å². The Labute approximate surface area is 214 Å². The van der Waals surface area contributed by atoms with Crippen molar-refractivity contribution in [2.24, 2.45) is 11.5 Å². The molecule has 4 amide bonds. The van der Waals surface area contributed by atoms with Crippen molar-refractivity contribution in [1.29, 1.82) is 0 Å². The smallest absolute Gasteiger partial charge is 0.364 e. The highest BCUT2D eigenvalue weighted by molar-refractivity contribution is 5.97. The van der Waals surface area contributed by atoms with Gasteiger partial charge >= 0.3 is 23.2 Å². The van der Waals surface area contributed by atoms with Gasteiger partial charge in [-0.1, -0.05) is 6.07 Å². The van der Waals surface area contributed by atoms with Gasteiger partial charge < -0.3 is 16.8 Å². The molecule has 3 heterocycles. The number of para-hydroxylation sites is 1. The van der Waals surface area contributed by atoms with Gasteiger partial charge in [0.1, 0.15) is 17.8 Å². The van der Waals surface area contributed by atoms with Crippen molar-refractivity contribution >= 4 is 35.0 Å². The number of rotatable bonds is 8. The maximum atomic E-state index is 13.7. The lowest BCUT2D eigenvalue weighted by Crippen LogP contribution is -2.70. The van der Waals surface area contributed by atoms with Crippen LogP contribution in [0.1, 0.15) is 31.4 Å². The lowest BCUT2D eigenvalue weighted by Gasteiger charge is -2.36. The summed E-state index contributed by atoms with van der Waals surface area (Å²) in [6, 6.07) is 0.188. The number of quaternary nitrogens is 1. The monoisotopic (exact) mass is 529 g/mol. The summed E-state index contributed by atoms with van der Waals surface area (Å²) >= 11 is 0. The minimum absolute atomic E-state index is 0.000336. The van der Waals surface area contributed by atoms with E-state index in [0.717, 1.165) is 6.07 Å². The van der Waals surface area contributed by atoms with E-state index >= 15 is 0 Å². The number of nitro groups is 2. The van der Waals surface area contributed by atoms with E-state index in [-0.39, 0.29) is 49.5 Å². The molecule has 2 aromatic rings. The molecule has 1 aromatic carbocycles. The maximum Gasteiger partial charge on any atom is 0.369 e. The van der Waals surface area contributed by atoms with Crippen molar-refractivity contribution in [2.45, 2.75) is 50.2 Å². The number of imidazole rings is 1. The second-order valence-corrected chi connectivity index (χ2v) is 9.23. The number of primary amides is 1. The van der Waals surface area contributed by atoms with E-state index in [2.05, 4.69) is 10.3 Å². The predicted octanol–water partition coefficient (Wildman–Crippen LogP) is -0.645. The van der Waals surface area contributed by atoms with Crippen LogP contribution in [-0.2, 0) is 25.6 Å². The SMILES string of the molecule is NC(=O)[C@@H]1CCC[N+]1(C(=O)[C@@H]1CCC(=O)N1)C(=O)[C@@H](N)Cc1cn(-c2cccc([N+](=O)[O-])c2[N+](=O)[O-])cn1. The third-order valence-corrected chi connectivity index (χ3v) is 6.96. The molecule has 0 spiro atoms. The van der Waals surface area contributed by atoms with E-state index in [9.17, 15) is 39.4 Å². The number of nitrogens with zero attached hydrogens (tertiary/aromatic N) is 5. The molecule has 0 aliphatic carbocycles. The van der Waals surface area contributed by atoms with Gasteiger partial charge in [-0.15, -0.1) is 0 Å². The average Bonchev–Trinajstić information content (AvgIpc) is 3.62. The fourth-order valence-corrected chi connectivity index (χ4v) is 5.25. The van der Waals surface area contributed by atoms with E-state index in [4.69, 9.17) is 11.5 Å². The van der Waals surface area contributed by atoms with Crippen molar-refractivity contribution in [3.05, 3.63) is 56.6 Å². The Kier molecular flexibility index (Phi) is 7.01. The van der Waals surface area contributed by atoms with Crippen molar-refractivity contribution in [2.75, 3.05) is 6.54 Å². The number of hydrogen-bond donors (Lipinski definition) is 3. The molecule has 0 saturated carbocycles. The molecule has 16 nitrogen and oxygen atoms in total. The van der Waals surface area contributed by atoms with Crippen molar-refractivity contribution in [1.82, 2.24) is 14.9 Å². The molecule has 0 radical (unpaired) electrons. The molecule has 2 saturated heterocycles. The second kappa shape index (κ2) is 10.1. The summed E-state index contributed by atoms with van der Waals surface area (Å²) in [6.07, 6.45) is 3.17. The Balaban J connectivity index is 1.63. The summed E-state index contributed by atoms with van der Waals surface area (Å²) in [5.41, 5.74) is 10.4. The molecule has 4 rings (SSSR count). The quantitative estimate of drug-likeness (QED) is 0.222. The van der Waals surface area contributed by atoms with Gasteiger partial charge in [0.25, 0.3) is 5.91 Å². The van der Waals surface area contributed by atoms with Crippen LogP contribution in [-0.4, -0.2) is 72.2 Å². The topological polar surface area (TPSA) is 236 Å². The summed E-state index contributed by atoms with van der Waals surface area (Å²) in [6.45, 7) is -0.000336. The first-order chi connectivity index (χ1) is 18.0. The van der Waals surface area contributed by atoms with Crippen LogP contribution in [0.15, 0.2) is 30.7 Å². The highest BCUT2D eigenvalue weighted by Gasteiger charge is 2.60. The number of likely N-dealkylation sites (tertiary alicyclic amines) is 1. The molecule has 4 atom stereocenters. The van der Waals surface area contributed by atoms with Crippen LogP contribution in [0.2, 0.25) is 0 Å². The zero-order chi connectivity index (χ0) is 27.8. The van der Waals surface area contributed by atoms with Crippen LogP contribution in [0, 0.1) is 20.2 Å². The first kappa shape index (κ1) is 26.5. The normalized spacial score (nSPS) is 23.6. The summed E-state index contributed by atoms with van der Waals surface area (Å²) in [5.74, 6) is -2.57. The van der Waals surface area contributed by atoms with Gasteiger partial charge in [-0.3, -0.25) is 34.4 Å². The first-order valence-corrected chi connectivity index (χ1v) is 11.7. The van der Waals surface area contributed by atoms with Crippen LogP contribution >= 0.6 is 0 Å². The highest BCUT2D eigenvalue weighted by Crippen LogP contribution is 2.34. The lowest BCUT2D eigenvalue weighted by atomic mass is 10.0. The van der Waals surface area contributed by atoms with Gasteiger partial charge in [0.15, 0.2) is 6.04 Å². The Bertz CT molecular complexity index is 1360. The third kappa shape index (κ3) is 4.50. The van der Waals surface area contributed by atoms with Gasteiger partial charge in [-0.2, -0.15) is 4.48 Å². The molecule has 2 fully saturated rings. The number of nitrogens with one attached hydrogen (secondary N) is 1. The van der Waals surface area contributed by atoms with Crippen LogP contribution in [0.5, 0.6) is 0 Å². The Morgan fingerprint density at radius 3 is 2.55 bits per heavy atom. The van der Waals surface area contributed by atoms with E-state index in [1.54, 1.807) is 0 Å². The van der Waals surface area contributed by atoms with Crippen LogP contribution < -0.4 is 16.8 Å². The van der Waals surface area contributed by atoms with Gasteiger partial charge in [-0.05, 0) is 12.5 Å². The molecule has 1 unspecified atom stereocenters.